The first kappa shape index (κ1) is 22.9. The van der Waals surface area contributed by atoms with Gasteiger partial charge in [0.2, 0.25) is 0 Å². The van der Waals surface area contributed by atoms with E-state index in [1.54, 1.807) is 19.1 Å². The molecule has 0 fully saturated rings. The highest BCUT2D eigenvalue weighted by molar-refractivity contribution is 5.94. The van der Waals surface area contributed by atoms with Crippen LogP contribution in [-0.2, 0) is 4.79 Å². The Balaban J connectivity index is 1.22. The normalized spacial score (nSPS) is 11.3. The van der Waals surface area contributed by atoms with Gasteiger partial charge in [-0.2, -0.15) is 0 Å². The number of carbonyl (C=O) groups excluding carboxylic acids is 1. The van der Waals surface area contributed by atoms with Crippen LogP contribution in [0.25, 0.3) is 11.1 Å². The highest BCUT2D eigenvalue weighted by atomic mass is 16.5. The number of hydrogen-bond acceptors (Lipinski definition) is 4. The standard InChI is InChI=1S/C29H27NO4/c1-22(34-28-16-12-24(13-17-28)23-8-4-2-5-9-23)29(31)30-25-14-18-27(19-15-25)33-21-20-32-26-10-6-3-7-11-26/h2-19,22H,20-21H2,1H3,(H,30,31). The van der Waals surface area contributed by atoms with Gasteiger partial charge < -0.3 is 19.5 Å². The molecule has 34 heavy (non-hydrogen) atoms. The molecule has 5 nitrogen and oxygen atoms in total. The van der Waals surface area contributed by atoms with Gasteiger partial charge in [0.05, 0.1) is 0 Å². The predicted octanol–water partition coefficient (Wildman–Crippen LogP) is 6.22. The molecule has 1 atom stereocenters. The minimum absolute atomic E-state index is 0.225. The van der Waals surface area contributed by atoms with Crippen LogP contribution in [-0.4, -0.2) is 25.2 Å². The second-order valence-electron chi connectivity index (χ2n) is 7.67. The van der Waals surface area contributed by atoms with Crippen molar-refractivity contribution in [1.29, 1.82) is 0 Å². The maximum Gasteiger partial charge on any atom is 0.265 e. The van der Waals surface area contributed by atoms with Gasteiger partial charge in [-0.25, -0.2) is 0 Å². The second-order valence-corrected chi connectivity index (χ2v) is 7.67. The number of para-hydroxylation sites is 1. The van der Waals surface area contributed by atoms with Crippen molar-refractivity contribution >= 4 is 11.6 Å². The third kappa shape index (κ3) is 6.62. The molecular weight excluding hydrogens is 426 g/mol. The van der Waals surface area contributed by atoms with E-state index in [1.165, 1.54) is 0 Å². The van der Waals surface area contributed by atoms with Gasteiger partial charge in [-0.1, -0.05) is 60.7 Å². The number of nitrogens with one attached hydrogen (secondary N) is 1. The third-order valence-electron chi connectivity index (χ3n) is 5.13. The van der Waals surface area contributed by atoms with Crippen molar-refractivity contribution in [3.8, 4) is 28.4 Å². The summed E-state index contributed by atoms with van der Waals surface area (Å²) in [5.74, 6) is 1.94. The average Bonchev–Trinajstić information content (AvgIpc) is 2.89. The van der Waals surface area contributed by atoms with Crippen molar-refractivity contribution in [3.05, 3.63) is 109 Å². The number of carbonyl (C=O) groups is 1. The number of benzene rings is 4. The van der Waals surface area contributed by atoms with E-state index in [9.17, 15) is 4.79 Å². The Labute approximate surface area is 199 Å². The molecule has 5 heteroatoms. The lowest BCUT2D eigenvalue weighted by atomic mass is 10.1. The quantitative estimate of drug-likeness (QED) is 0.290. The van der Waals surface area contributed by atoms with Gasteiger partial charge in [0.25, 0.3) is 5.91 Å². The Morgan fingerprint density at radius 2 is 1.15 bits per heavy atom. The molecular formula is C29H27NO4. The minimum atomic E-state index is -0.645. The molecule has 0 aliphatic carbocycles. The Kier molecular flexibility index (Phi) is 7.80. The molecule has 0 heterocycles. The van der Waals surface area contributed by atoms with Gasteiger partial charge in [0.15, 0.2) is 6.10 Å². The number of hydrogen-bond donors (Lipinski definition) is 1. The van der Waals surface area contributed by atoms with E-state index in [4.69, 9.17) is 14.2 Å². The van der Waals surface area contributed by atoms with Crippen molar-refractivity contribution in [2.75, 3.05) is 18.5 Å². The molecule has 0 bridgehead atoms. The minimum Gasteiger partial charge on any atom is -0.490 e. The Hall–Kier alpha value is -4.25. The molecule has 1 amide bonds. The summed E-state index contributed by atoms with van der Waals surface area (Å²) < 4.78 is 17.1. The van der Waals surface area contributed by atoms with Crippen LogP contribution in [0.3, 0.4) is 0 Å². The molecule has 0 radical (unpaired) electrons. The lowest BCUT2D eigenvalue weighted by molar-refractivity contribution is -0.122. The Morgan fingerprint density at radius 1 is 0.647 bits per heavy atom. The summed E-state index contributed by atoms with van der Waals surface area (Å²) >= 11 is 0. The number of rotatable bonds is 10. The van der Waals surface area contributed by atoms with E-state index in [-0.39, 0.29) is 5.91 Å². The maximum absolute atomic E-state index is 12.6. The largest absolute Gasteiger partial charge is 0.490 e. The first-order valence-corrected chi connectivity index (χ1v) is 11.2. The summed E-state index contributed by atoms with van der Waals surface area (Å²) in [7, 11) is 0. The van der Waals surface area contributed by atoms with Gasteiger partial charge in [-0.05, 0) is 66.6 Å². The zero-order valence-electron chi connectivity index (χ0n) is 19.0. The summed E-state index contributed by atoms with van der Waals surface area (Å²) in [5.41, 5.74) is 2.91. The molecule has 0 aromatic heterocycles. The van der Waals surface area contributed by atoms with Gasteiger partial charge >= 0.3 is 0 Å². The predicted molar refractivity (Wildman–Crippen MR) is 134 cm³/mol. The molecule has 1 N–H and O–H groups in total. The summed E-state index contributed by atoms with van der Waals surface area (Å²) in [6, 6.07) is 34.7. The van der Waals surface area contributed by atoms with Crippen molar-refractivity contribution in [3.63, 3.8) is 0 Å². The average molecular weight is 454 g/mol. The van der Waals surface area contributed by atoms with Crippen LogP contribution in [0.2, 0.25) is 0 Å². The fourth-order valence-electron chi connectivity index (χ4n) is 3.33. The van der Waals surface area contributed by atoms with Crippen LogP contribution >= 0.6 is 0 Å². The van der Waals surface area contributed by atoms with Gasteiger partial charge in [0, 0.05) is 5.69 Å². The molecule has 172 valence electrons. The first-order valence-electron chi connectivity index (χ1n) is 11.2. The molecule has 1 unspecified atom stereocenters. The van der Waals surface area contributed by atoms with E-state index in [2.05, 4.69) is 17.4 Å². The smallest absolute Gasteiger partial charge is 0.265 e. The lowest BCUT2D eigenvalue weighted by Gasteiger charge is -2.15. The van der Waals surface area contributed by atoms with Crippen molar-refractivity contribution in [1.82, 2.24) is 0 Å². The zero-order chi connectivity index (χ0) is 23.6. The lowest BCUT2D eigenvalue weighted by Crippen LogP contribution is -2.30. The van der Waals surface area contributed by atoms with E-state index >= 15 is 0 Å². The Morgan fingerprint density at radius 3 is 1.76 bits per heavy atom. The number of anilines is 1. The topological polar surface area (TPSA) is 56.8 Å². The number of ether oxygens (including phenoxy) is 3. The molecule has 4 aromatic rings. The molecule has 0 saturated heterocycles. The van der Waals surface area contributed by atoms with Gasteiger partial charge in [-0.3, -0.25) is 4.79 Å². The van der Waals surface area contributed by atoms with Gasteiger partial charge in [-0.15, -0.1) is 0 Å². The molecule has 0 aliphatic heterocycles. The van der Waals surface area contributed by atoms with E-state index in [1.807, 2.05) is 84.9 Å². The first-order chi connectivity index (χ1) is 16.7. The van der Waals surface area contributed by atoms with Crippen LogP contribution in [0.5, 0.6) is 17.2 Å². The summed E-state index contributed by atoms with van der Waals surface area (Å²) in [4.78, 5) is 12.6. The van der Waals surface area contributed by atoms with Crippen LogP contribution in [0, 0.1) is 0 Å². The van der Waals surface area contributed by atoms with E-state index < -0.39 is 6.10 Å². The summed E-state index contributed by atoms with van der Waals surface area (Å²) in [6.45, 7) is 2.60. The van der Waals surface area contributed by atoms with Crippen molar-refractivity contribution in [2.45, 2.75) is 13.0 Å². The SMILES string of the molecule is CC(Oc1ccc(-c2ccccc2)cc1)C(=O)Nc1ccc(OCCOc2ccccc2)cc1. The van der Waals surface area contributed by atoms with E-state index in [0.29, 0.717) is 30.4 Å². The monoisotopic (exact) mass is 453 g/mol. The van der Waals surface area contributed by atoms with Crippen molar-refractivity contribution < 1.29 is 19.0 Å². The van der Waals surface area contributed by atoms with Crippen LogP contribution in [0.1, 0.15) is 6.92 Å². The maximum atomic E-state index is 12.6. The number of amides is 1. The van der Waals surface area contributed by atoms with Crippen LogP contribution in [0.4, 0.5) is 5.69 Å². The van der Waals surface area contributed by atoms with Crippen LogP contribution in [0.15, 0.2) is 109 Å². The fraction of sp³-hybridized carbons (Fsp3) is 0.138. The molecule has 4 rings (SSSR count). The summed E-state index contributed by atoms with van der Waals surface area (Å²) in [6.07, 6.45) is -0.645. The summed E-state index contributed by atoms with van der Waals surface area (Å²) in [5, 5.41) is 2.87. The highest BCUT2D eigenvalue weighted by Gasteiger charge is 2.15. The molecule has 0 saturated carbocycles. The van der Waals surface area contributed by atoms with Crippen molar-refractivity contribution in [2.24, 2.45) is 0 Å². The molecule has 0 aliphatic rings. The Bertz CT molecular complexity index is 1160. The molecule has 0 spiro atoms. The highest BCUT2D eigenvalue weighted by Crippen LogP contribution is 2.23. The second kappa shape index (κ2) is 11.6. The fourth-order valence-corrected chi connectivity index (χ4v) is 3.33. The molecule has 4 aromatic carbocycles. The van der Waals surface area contributed by atoms with Gasteiger partial charge in [0.1, 0.15) is 30.5 Å². The third-order valence-corrected chi connectivity index (χ3v) is 5.13. The van der Waals surface area contributed by atoms with Crippen LogP contribution < -0.4 is 19.5 Å². The zero-order valence-corrected chi connectivity index (χ0v) is 19.0. The van der Waals surface area contributed by atoms with E-state index in [0.717, 1.165) is 16.9 Å².